The fourth-order valence-corrected chi connectivity index (χ4v) is 2.07. The predicted molar refractivity (Wildman–Crippen MR) is 76.9 cm³/mol. The summed E-state index contributed by atoms with van der Waals surface area (Å²) in [4.78, 5) is 15.5. The van der Waals surface area contributed by atoms with E-state index in [1.807, 2.05) is 0 Å². The number of hydrogen-bond donors (Lipinski definition) is 2. The largest absolute Gasteiger partial charge is 0.466 e. The van der Waals surface area contributed by atoms with Crippen LogP contribution in [0.4, 0.5) is 5.13 Å². The Balaban J connectivity index is 2.45. The molecule has 1 heterocycles. The molecule has 0 saturated heterocycles. The second-order valence-electron chi connectivity index (χ2n) is 3.25. The van der Waals surface area contributed by atoms with E-state index in [-0.39, 0.29) is 12.4 Å². The average Bonchev–Trinajstić information content (AvgIpc) is 2.74. The molecule has 0 fully saturated rings. The number of nitrogens with zero attached hydrogens (tertiary/aromatic N) is 1. The Hall–Kier alpha value is -1.47. The zero-order valence-electron chi connectivity index (χ0n) is 10.1. The number of nitrogens with one attached hydrogen (secondary N) is 2. The molecule has 0 aliphatic heterocycles. The van der Waals surface area contributed by atoms with E-state index in [1.165, 1.54) is 11.3 Å². The number of esters is 1. The van der Waals surface area contributed by atoms with Gasteiger partial charge in [-0.3, -0.25) is 4.79 Å². The summed E-state index contributed by atoms with van der Waals surface area (Å²) in [5.74, 6) is -0.276. The Morgan fingerprint density at radius 3 is 3.17 bits per heavy atom. The number of thiazole rings is 1. The van der Waals surface area contributed by atoms with Gasteiger partial charge in [0.2, 0.25) is 0 Å². The van der Waals surface area contributed by atoms with Crippen LogP contribution in [0, 0.1) is 0 Å². The fraction of sp³-hybridized carbons (Fsp3) is 0.364. The molecular formula is C11H15N3O2S2. The van der Waals surface area contributed by atoms with Gasteiger partial charge in [-0.25, -0.2) is 4.98 Å². The lowest BCUT2D eigenvalue weighted by Crippen LogP contribution is -2.28. The maximum Gasteiger partial charge on any atom is 0.311 e. The average molecular weight is 285 g/mol. The molecule has 0 spiro atoms. The molecule has 0 aliphatic carbocycles. The molecule has 1 aromatic rings. The molecule has 5 nitrogen and oxygen atoms in total. The first-order valence-corrected chi connectivity index (χ1v) is 6.70. The van der Waals surface area contributed by atoms with Gasteiger partial charge in [-0.05, 0) is 19.1 Å². The van der Waals surface area contributed by atoms with Crippen molar-refractivity contribution < 1.29 is 9.53 Å². The Morgan fingerprint density at radius 2 is 2.50 bits per heavy atom. The molecule has 2 N–H and O–H groups in total. The molecule has 0 atom stereocenters. The van der Waals surface area contributed by atoms with Crippen LogP contribution in [0.25, 0.3) is 0 Å². The minimum atomic E-state index is -0.276. The summed E-state index contributed by atoms with van der Waals surface area (Å²) in [5, 5.41) is 8.79. The van der Waals surface area contributed by atoms with Crippen molar-refractivity contribution in [1.29, 1.82) is 0 Å². The van der Waals surface area contributed by atoms with Crippen LogP contribution in [0.5, 0.6) is 0 Å². The van der Waals surface area contributed by atoms with Crippen molar-refractivity contribution in [1.82, 2.24) is 10.3 Å². The smallest absolute Gasteiger partial charge is 0.311 e. The zero-order chi connectivity index (χ0) is 13.4. The van der Waals surface area contributed by atoms with E-state index >= 15 is 0 Å². The van der Waals surface area contributed by atoms with Crippen molar-refractivity contribution in [3.05, 3.63) is 23.7 Å². The van der Waals surface area contributed by atoms with E-state index in [2.05, 4.69) is 22.2 Å². The van der Waals surface area contributed by atoms with E-state index in [0.717, 1.165) is 0 Å². The van der Waals surface area contributed by atoms with Gasteiger partial charge < -0.3 is 15.4 Å². The second-order valence-corrected chi connectivity index (χ2v) is 4.52. The van der Waals surface area contributed by atoms with Crippen LogP contribution in [0.2, 0.25) is 0 Å². The van der Waals surface area contributed by atoms with Gasteiger partial charge >= 0.3 is 5.97 Å². The van der Waals surface area contributed by atoms with Crippen molar-refractivity contribution in [2.75, 3.05) is 18.5 Å². The van der Waals surface area contributed by atoms with Crippen molar-refractivity contribution in [3.8, 4) is 0 Å². The molecule has 7 heteroatoms. The van der Waals surface area contributed by atoms with Gasteiger partial charge in [-0.15, -0.1) is 17.9 Å². The van der Waals surface area contributed by atoms with Crippen LogP contribution >= 0.6 is 23.6 Å². The molecule has 0 bridgehead atoms. The van der Waals surface area contributed by atoms with Gasteiger partial charge in [0.1, 0.15) is 0 Å². The first kappa shape index (κ1) is 14.6. The number of anilines is 1. The maximum absolute atomic E-state index is 11.3. The van der Waals surface area contributed by atoms with E-state index < -0.39 is 0 Å². The van der Waals surface area contributed by atoms with Crippen LogP contribution in [0.3, 0.4) is 0 Å². The monoisotopic (exact) mass is 285 g/mol. The number of thiocarbonyl (C=S) groups is 1. The quantitative estimate of drug-likeness (QED) is 0.471. The Kier molecular flexibility index (Phi) is 6.31. The number of carbonyl (C=O) groups excluding carboxylic acids is 1. The Labute approximate surface area is 115 Å². The molecule has 18 heavy (non-hydrogen) atoms. The third-order valence-electron chi connectivity index (χ3n) is 1.81. The highest BCUT2D eigenvalue weighted by atomic mass is 32.1. The molecule has 0 unspecified atom stereocenters. The van der Waals surface area contributed by atoms with Gasteiger partial charge in [0.05, 0.1) is 18.7 Å². The minimum Gasteiger partial charge on any atom is -0.466 e. The van der Waals surface area contributed by atoms with Crippen molar-refractivity contribution >= 4 is 39.8 Å². The number of hydrogen-bond acceptors (Lipinski definition) is 5. The first-order valence-electron chi connectivity index (χ1n) is 5.41. The Morgan fingerprint density at radius 1 is 1.72 bits per heavy atom. The van der Waals surface area contributed by atoms with E-state index in [1.54, 1.807) is 18.4 Å². The molecule has 1 rings (SSSR count). The van der Waals surface area contributed by atoms with E-state index in [9.17, 15) is 4.79 Å². The number of carbonyl (C=O) groups is 1. The number of rotatable bonds is 6. The van der Waals surface area contributed by atoms with E-state index in [4.69, 9.17) is 17.0 Å². The summed E-state index contributed by atoms with van der Waals surface area (Å²) in [6.07, 6.45) is 1.89. The van der Waals surface area contributed by atoms with Crippen LogP contribution in [0.1, 0.15) is 12.6 Å². The minimum absolute atomic E-state index is 0.179. The Bertz CT molecular complexity index is 432. The zero-order valence-corrected chi connectivity index (χ0v) is 11.7. The van der Waals surface area contributed by atoms with Crippen molar-refractivity contribution in [2.45, 2.75) is 13.3 Å². The van der Waals surface area contributed by atoms with E-state index in [0.29, 0.717) is 29.1 Å². The lowest BCUT2D eigenvalue weighted by atomic mass is 10.3. The molecule has 0 aliphatic rings. The molecule has 0 amide bonds. The topological polar surface area (TPSA) is 63.2 Å². The van der Waals surface area contributed by atoms with Crippen molar-refractivity contribution in [3.63, 3.8) is 0 Å². The summed E-state index contributed by atoms with van der Waals surface area (Å²) in [6.45, 7) is 6.32. The van der Waals surface area contributed by atoms with Gasteiger partial charge in [-0.1, -0.05) is 6.08 Å². The van der Waals surface area contributed by atoms with Gasteiger partial charge in [-0.2, -0.15) is 0 Å². The summed E-state index contributed by atoms with van der Waals surface area (Å²) in [5.41, 5.74) is 0.674. The maximum atomic E-state index is 11.3. The molecule has 1 aromatic heterocycles. The lowest BCUT2D eigenvalue weighted by Gasteiger charge is -2.05. The van der Waals surface area contributed by atoms with Crippen molar-refractivity contribution in [2.24, 2.45) is 0 Å². The van der Waals surface area contributed by atoms with Gasteiger partial charge in [0, 0.05) is 11.9 Å². The first-order chi connectivity index (χ1) is 8.65. The normalized spacial score (nSPS) is 9.61. The predicted octanol–water partition coefficient (Wildman–Crippen LogP) is 1.72. The van der Waals surface area contributed by atoms with Crippen LogP contribution in [0.15, 0.2) is 18.0 Å². The number of ether oxygens (including phenoxy) is 1. The molecule has 0 saturated carbocycles. The molecule has 98 valence electrons. The molecule has 0 radical (unpaired) electrons. The number of aromatic nitrogens is 1. The second kappa shape index (κ2) is 7.78. The summed E-state index contributed by atoms with van der Waals surface area (Å²) < 4.78 is 4.85. The third kappa shape index (κ3) is 5.24. The fourth-order valence-electron chi connectivity index (χ4n) is 1.11. The van der Waals surface area contributed by atoms with Crippen LogP contribution in [-0.4, -0.2) is 29.2 Å². The standard InChI is InChI=1S/C11H15N3O2S2/c1-3-5-12-10(17)14-11-13-8(7-18-11)6-9(15)16-4-2/h3,7H,1,4-6H2,2H3,(H2,12,13,14,17). The lowest BCUT2D eigenvalue weighted by molar-refractivity contribution is -0.142. The highest BCUT2D eigenvalue weighted by Gasteiger charge is 2.08. The third-order valence-corrected chi connectivity index (χ3v) is 2.86. The highest BCUT2D eigenvalue weighted by Crippen LogP contribution is 2.15. The van der Waals surface area contributed by atoms with Gasteiger partial charge in [0.15, 0.2) is 10.2 Å². The SMILES string of the molecule is C=CCNC(=S)Nc1nc(CC(=O)OCC)cs1. The molecule has 0 aromatic carbocycles. The van der Waals surface area contributed by atoms with Crippen LogP contribution < -0.4 is 10.6 Å². The summed E-state index contributed by atoms with van der Waals surface area (Å²) >= 11 is 6.43. The summed E-state index contributed by atoms with van der Waals surface area (Å²) in [6, 6.07) is 0. The highest BCUT2D eigenvalue weighted by molar-refractivity contribution is 7.80. The van der Waals surface area contributed by atoms with Crippen LogP contribution in [-0.2, 0) is 16.0 Å². The van der Waals surface area contributed by atoms with Gasteiger partial charge in [0.25, 0.3) is 0 Å². The summed E-state index contributed by atoms with van der Waals surface area (Å²) in [7, 11) is 0. The molecular weight excluding hydrogens is 270 g/mol.